The van der Waals surface area contributed by atoms with Gasteiger partial charge in [0.05, 0.1) is 6.61 Å². The summed E-state index contributed by atoms with van der Waals surface area (Å²) in [5, 5.41) is 0. The number of unbranched alkanes of at least 4 members (excludes halogenated alkanes) is 1. The molecule has 0 heterocycles. The molecule has 25 heavy (non-hydrogen) atoms. The van der Waals surface area contributed by atoms with Gasteiger partial charge >= 0.3 is 7.82 Å². The summed E-state index contributed by atoms with van der Waals surface area (Å²) in [6.45, 7) is 7.38. The van der Waals surface area contributed by atoms with Gasteiger partial charge < -0.3 is 9.05 Å². The maximum Gasteiger partial charge on any atom is 0.587 e. The van der Waals surface area contributed by atoms with Gasteiger partial charge in [0.2, 0.25) is 0 Å². The number of phosphoric ester groups is 1. The third kappa shape index (κ3) is 7.91. The Bertz CT molecular complexity index is 625. The molecule has 2 aromatic carbocycles. The Labute approximate surface area is 151 Å². The summed E-state index contributed by atoms with van der Waals surface area (Å²) < 4.78 is 29.8. The number of para-hydroxylation sites is 2. The van der Waals surface area contributed by atoms with E-state index in [1.54, 1.807) is 24.3 Å². The molecule has 0 aromatic heterocycles. The summed E-state index contributed by atoms with van der Waals surface area (Å²) in [4.78, 5) is 0. The van der Waals surface area contributed by atoms with Crippen LogP contribution in [-0.4, -0.2) is 14.7 Å². The molecule has 0 radical (unpaired) electrons. The Morgan fingerprint density at radius 2 is 1.28 bits per heavy atom. The molecule has 0 N–H and O–H groups in total. The van der Waals surface area contributed by atoms with E-state index in [4.69, 9.17) is 13.6 Å². The fraction of sp³-hybridized carbons (Fsp3) is 0.368. The molecular formula is C19H27O4PSi. The van der Waals surface area contributed by atoms with Gasteiger partial charge in [-0.15, -0.1) is 0 Å². The van der Waals surface area contributed by atoms with Gasteiger partial charge in [-0.3, -0.25) is 4.52 Å². The van der Waals surface area contributed by atoms with E-state index in [-0.39, 0.29) is 0 Å². The quantitative estimate of drug-likeness (QED) is 0.273. The minimum Gasteiger partial charge on any atom is -0.395 e. The lowest BCUT2D eigenvalue weighted by Crippen LogP contribution is -2.18. The second kappa shape index (κ2) is 9.23. The SMILES string of the molecule is C[Si](C)(C)CCCCOP(=O)(Oc1ccccc1)Oc1ccccc1. The summed E-state index contributed by atoms with van der Waals surface area (Å²) in [7, 11) is -4.79. The van der Waals surface area contributed by atoms with Crippen molar-refractivity contribution in [2.24, 2.45) is 0 Å². The predicted octanol–water partition coefficient (Wildman–Crippen LogP) is 6.39. The lowest BCUT2D eigenvalue weighted by Gasteiger charge is -2.19. The van der Waals surface area contributed by atoms with E-state index >= 15 is 0 Å². The first-order valence-corrected chi connectivity index (χ1v) is 13.8. The summed E-state index contributed by atoms with van der Waals surface area (Å²) in [6.07, 6.45) is 1.90. The molecule has 0 unspecified atom stereocenters. The maximum absolute atomic E-state index is 13.1. The largest absolute Gasteiger partial charge is 0.587 e. The summed E-state index contributed by atoms with van der Waals surface area (Å²) in [5.74, 6) is 0.924. The van der Waals surface area contributed by atoms with Crippen LogP contribution in [-0.2, 0) is 9.09 Å². The van der Waals surface area contributed by atoms with Crippen LogP contribution in [0.25, 0.3) is 0 Å². The second-order valence-corrected chi connectivity index (χ2v) is 14.2. The Morgan fingerprint density at radius 3 is 1.72 bits per heavy atom. The van der Waals surface area contributed by atoms with E-state index in [2.05, 4.69) is 19.6 Å². The molecule has 0 aliphatic carbocycles. The lowest BCUT2D eigenvalue weighted by molar-refractivity contribution is 0.206. The third-order valence-corrected chi connectivity index (χ3v) is 6.71. The number of benzene rings is 2. The third-order valence-electron chi connectivity index (χ3n) is 3.49. The van der Waals surface area contributed by atoms with Crippen molar-refractivity contribution in [2.75, 3.05) is 6.61 Å². The first-order valence-electron chi connectivity index (χ1n) is 8.60. The molecule has 0 saturated carbocycles. The lowest BCUT2D eigenvalue weighted by atomic mass is 10.3. The average molecular weight is 378 g/mol. The van der Waals surface area contributed by atoms with E-state index < -0.39 is 15.9 Å². The Hall–Kier alpha value is -1.55. The number of rotatable bonds is 10. The fourth-order valence-electron chi connectivity index (χ4n) is 2.23. The van der Waals surface area contributed by atoms with Crippen LogP contribution in [0.1, 0.15) is 12.8 Å². The van der Waals surface area contributed by atoms with E-state index in [1.165, 1.54) is 6.04 Å². The first-order chi connectivity index (χ1) is 11.9. The number of hydrogen-bond donors (Lipinski definition) is 0. The molecule has 136 valence electrons. The predicted molar refractivity (Wildman–Crippen MR) is 105 cm³/mol. The van der Waals surface area contributed by atoms with Crippen molar-refractivity contribution < 1.29 is 18.1 Å². The summed E-state index contributed by atoms with van der Waals surface area (Å²) >= 11 is 0. The highest BCUT2D eigenvalue weighted by molar-refractivity contribution is 7.49. The highest BCUT2D eigenvalue weighted by atomic mass is 31.2. The van der Waals surface area contributed by atoms with E-state index in [9.17, 15) is 4.57 Å². The molecule has 0 fully saturated rings. The fourth-order valence-corrected chi connectivity index (χ4v) is 4.79. The molecule has 0 bridgehead atoms. The average Bonchev–Trinajstić information content (AvgIpc) is 2.55. The highest BCUT2D eigenvalue weighted by Gasteiger charge is 2.30. The molecule has 2 rings (SSSR count). The minimum absolute atomic E-state index is 0.349. The Balaban J connectivity index is 1.98. The Morgan fingerprint density at radius 1 is 0.800 bits per heavy atom. The molecular weight excluding hydrogens is 351 g/mol. The first kappa shape index (κ1) is 19.8. The second-order valence-electron chi connectivity index (χ2n) is 7.11. The molecule has 0 aliphatic heterocycles. The van der Waals surface area contributed by atoms with Crippen molar-refractivity contribution in [3.05, 3.63) is 60.7 Å². The van der Waals surface area contributed by atoms with Crippen LogP contribution in [0.5, 0.6) is 11.5 Å². The molecule has 0 atom stereocenters. The van der Waals surface area contributed by atoms with Gasteiger partial charge in [0.1, 0.15) is 11.5 Å². The molecule has 6 heteroatoms. The van der Waals surface area contributed by atoms with Gasteiger partial charge in [-0.05, 0) is 30.7 Å². The van der Waals surface area contributed by atoms with Gasteiger partial charge in [0.15, 0.2) is 0 Å². The van der Waals surface area contributed by atoms with Crippen LogP contribution in [0.4, 0.5) is 0 Å². The molecule has 0 aliphatic rings. The minimum atomic E-state index is -3.73. The van der Waals surface area contributed by atoms with Crippen molar-refractivity contribution in [3.8, 4) is 11.5 Å². The monoisotopic (exact) mass is 378 g/mol. The van der Waals surface area contributed by atoms with Crippen LogP contribution in [0, 0.1) is 0 Å². The normalized spacial score (nSPS) is 12.0. The smallest absolute Gasteiger partial charge is 0.395 e. The van der Waals surface area contributed by atoms with Crippen LogP contribution >= 0.6 is 7.82 Å². The van der Waals surface area contributed by atoms with Crippen LogP contribution in [0.3, 0.4) is 0 Å². The van der Waals surface area contributed by atoms with E-state index in [1.807, 2.05) is 36.4 Å². The molecule has 0 spiro atoms. The van der Waals surface area contributed by atoms with Crippen molar-refractivity contribution in [1.82, 2.24) is 0 Å². The van der Waals surface area contributed by atoms with Gasteiger partial charge in [0, 0.05) is 8.07 Å². The van der Waals surface area contributed by atoms with Crippen LogP contribution in [0.15, 0.2) is 60.7 Å². The van der Waals surface area contributed by atoms with Gasteiger partial charge in [-0.25, -0.2) is 4.57 Å². The molecule has 0 saturated heterocycles. The van der Waals surface area contributed by atoms with Crippen molar-refractivity contribution >= 4 is 15.9 Å². The number of phosphoric acid groups is 1. The molecule has 4 nitrogen and oxygen atoms in total. The van der Waals surface area contributed by atoms with Crippen molar-refractivity contribution in [1.29, 1.82) is 0 Å². The Kier molecular flexibility index (Phi) is 7.30. The van der Waals surface area contributed by atoms with Crippen molar-refractivity contribution in [2.45, 2.75) is 38.5 Å². The van der Waals surface area contributed by atoms with Gasteiger partial charge in [0.25, 0.3) is 0 Å². The summed E-state index contributed by atoms with van der Waals surface area (Å²) in [5.41, 5.74) is 0. The van der Waals surface area contributed by atoms with E-state index in [0.717, 1.165) is 12.8 Å². The maximum atomic E-state index is 13.1. The zero-order valence-corrected chi connectivity index (χ0v) is 17.1. The molecule has 2 aromatic rings. The molecule has 0 amide bonds. The van der Waals surface area contributed by atoms with Crippen molar-refractivity contribution in [3.63, 3.8) is 0 Å². The van der Waals surface area contributed by atoms with E-state index in [0.29, 0.717) is 18.1 Å². The van der Waals surface area contributed by atoms with Gasteiger partial charge in [-0.1, -0.05) is 68.5 Å². The topological polar surface area (TPSA) is 44.8 Å². The van der Waals surface area contributed by atoms with Crippen LogP contribution in [0.2, 0.25) is 25.7 Å². The zero-order valence-electron chi connectivity index (χ0n) is 15.2. The summed E-state index contributed by atoms with van der Waals surface area (Å²) in [6, 6.07) is 19.1. The van der Waals surface area contributed by atoms with Crippen LogP contribution < -0.4 is 9.05 Å². The highest BCUT2D eigenvalue weighted by Crippen LogP contribution is 2.49. The van der Waals surface area contributed by atoms with Gasteiger partial charge in [-0.2, -0.15) is 0 Å². The zero-order chi connectivity index (χ0) is 18.2. The standard InChI is InChI=1S/C19H27O4PSi/c1-25(2,3)17-11-10-16-21-24(20,22-18-12-6-4-7-13-18)23-19-14-8-5-9-15-19/h4-9,12-15H,10-11,16-17H2,1-3H3. The number of hydrogen-bond acceptors (Lipinski definition) is 4.